The Kier molecular flexibility index (Phi) is 3.82. The molecule has 1 amide bonds. The van der Waals surface area contributed by atoms with E-state index in [0.717, 1.165) is 19.4 Å². The fraction of sp³-hybridized carbons (Fsp3) is 0.571. The summed E-state index contributed by atoms with van der Waals surface area (Å²) in [5.74, 6) is 0.619. The predicted molar refractivity (Wildman–Crippen MR) is 84.5 cm³/mol. The summed E-state index contributed by atoms with van der Waals surface area (Å²) in [6.07, 6.45) is 3.92. The Morgan fingerprint density at radius 2 is 2.48 bits per heavy atom. The van der Waals surface area contributed by atoms with Crippen molar-refractivity contribution in [2.75, 3.05) is 18.9 Å². The van der Waals surface area contributed by atoms with Gasteiger partial charge < -0.3 is 10.1 Å². The molecule has 2 aromatic heterocycles. The zero-order valence-corrected chi connectivity index (χ0v) is 13.3. The number of hydrogen-bond donors (Lipinski definition) is 2. The minimum Gasteiger partial charge on any atom is -0.376 e. The van der Waals surface area contributed by atoms with Gasteiger partial charge in [0.15, 0.2) is 10.8 Å². The number of rotatable bonds is 4. The maximum atomic E-state index is 12.5. The Balaban J connectivity index is 1.47. The average Bonchev–Trinajstić information content (AvgIpc) is 3.26. The highest BCUT2D eigenvalue weighted by molar-refractivity contribution is 7.99. The SMILES string of the molecule is O=C(CC1CSc2nc3[nH]ncc3c(=O)n21)NCC1CCCO1. The Hall–Kier alpha value is -1.87. The van der Waals surface area contributed by atoms with E-state index >= 15 is 0 Å². The number of aromatic nitrogens is 4. The summed E-state index contributed by atoms with van der Waals surface area (Å²) >= 11 is 1.49. The molecule has 0 spiro atoms. The van der Waals surface area contributed by atoms with Crippen molar-refractivity contribution in [3.63, 3.8) is 0 Å². The highest BCUT2D eigenvalue weighted by atomic mass is 32.2. The van der Waals surface area contributed by atoms with Crippen LogP contribution in [0, 0.1) is 0 Å². The van der Waals surface area contributed by atoms with Crippen LogP contribution in [0.1, 0.15) is 25.3 Å². The van der Waals surface area contributed by atoms with Crippen LogP contribution < -0.4 is 10.9 Å². The molecule has 23 heavy (non-hydrogen) atoms. The van der Waals surface area contributed by atoms with E-state index in [0.29, 0.717) is 28.5 Å². The summed E-state index contributed by atoms with van der Waals surface area (Å²) in [5.41, 5.74) is 0.359. The fourth-order valence-corrected chi connectivity index (χ4v) is 4.16. The molecule has 2 aliphatic rings. The molecule has 2 N–H and O–H groups in total. The van der Waals surface area contributed by atoms with Crippen LogP contribution in [-0.4, -0.2) is 50.7 Å². The Labute approximate surface area is 136 Å². The number of hydrogen-bond acceptors (Lipinski definition) is 6. The quantitative estimate of drug-likeness (QED) is 0.787. The second kappa shape index (κ2) is 5.97. The van der Waals surface area contributed by atoms with E-state index in [9.17, 15) is 9.59 Å². The van der Waals surface area contributed by atoms with Crippen LogP contribution in [0.25, 0.3) is 11.0 Å². The molecule has 0 saturated carbocycles. The molecule has 4 rings (SSSR count). The van der Waals surface area contributed by atoms with Gasteiger partial charge in [0, 0.05) is 25.3 Å². The number of carbonyl (C=O) groups excluding carboxylic acids is 1. The number of ether oxygens (including phenoxy) is 1. The first-order valence-corrected chi connectivity index (χ1v) is 8.67. The van der Waals surface area contributed by atoms with Crippen LogP contribution in [-0.2, 0) is 9.53 Å². The molecule has 1 saturated heterocycles. The molecular formula is C14H17N5O3S. The molecule has 2 unspecified atom stereocenters. The van der Waals surface area contributed by atoms with Gasteiger partial charge in [0.25, 0.3) is 5.56 Å². The van der Waals surface area contributed by atoms with Gasteiger partial charge in [-0.05, 0) is 12.8 Å². The highest BCUT2D eigenvalue weighted by Crippen LogP contribution is 2.32. The van der Waals surface area contributed by atoms with E-state index in [4.69, 9.17) is 4.74 Å². The third-order valence-electron chi connectivity index (χ3n) is 4.22. The van der Waals surface area contributed by atoms with Gasteiger partial charge in [-0.15, -0.1) is 0 Å². The molecule has 9 heteroatoms. The first-order valence-electron chi connectivity index (χ1n) is 7.69. The second-order valence-electron chi connectivity index (χ2n) is 5.81. The van der Waals surface area contributed by atoms with Crippen molar-refractivity contribution >= 4 is 28.7 Å². The Morgan fingerprint density at radius 3 is 3.30 bits per heavy atom. The molecule has 0 radical (unpaired) electrons. The van der Waals surface area contributed by atoms with Gasteiger partial charge in [-0.3, -0.25) is 19.3 Å². The summed E-state index contributed by atoms with van der Waals surface area (Å²) < 4.78 is 7.11. The largest absolute Gasteiger partial charge is 0.376 e. The van der Waals surface area contributed by atoms with Crippen LogP contribution in [0.2, 0.25) is 0 Å². The van der Waals surface area contributed by atoms with Gasteiger partial charge in [0.2, 0.25) is 5.91 Å². The van der Waals surface area contributed by atoms with E-state index in [1.54, 1.807) is 4.57 Å². The van der Waals surface area contributed by atoms with E-state index in [2.05, 4.69) is 20.5 Å². The molecule has 8 nitrogen and oxygen atoms in total. The minimum absolute atomic E-state index is 0.0573. The van der Waals surface area contributed by atoms with Gasteiger partial charge in [0.1, 0.15) is 5.39 Å². The Bertz CT molecular complexity index is 795. The summed E-state index contributed by atoms with van der Waals surface area (Å²) in [7, 11) is 0. The van der Waals surface area contributed by atoms with E-state index < -0.39 is 0 Å². The number of amides is 1. The smallest absolute Gasteiger partial charge is 0.265 e. The van der Waals surface area contributed by atoms with Crippen LogP contribution >= 0.6 is 11.8 Å². The summed E-state index contributed by atoms with van der Waals surface area (Å²) in [5, 5.41) is 10.6. The molecule has 1 fully saturated rings. The molecule has 0 bridgehead atoms. The van der Waals surface area contributed by atoms with Gasteiger partial charge in [-0.2, -0.15) is 5.10 Å². The topological polar surface area (TPSA) is 102 Å². The summed E-state index contributed by atoms with van der Waals surface area (Å²) in [6, 6.07) is -0.168. The number of aromatic amines is 1. The average molecular weight is 335 g/mol. The van der Waals surface area contributed by atoms with Gasteiger partial charge in [-0.25, -0.2) is 4.98 Å². The molecule has 4 heterocycles. The lowest BCUT2D eigenvalue weighted by atomic mass is 10.2. The molecule has 2 atom stereocenters. The zero-order chi connectivity index (χ0) is 15.8. The van der Waals surface area contributed by atoms with Crippen molar-refractivity contribution < 1.29 is 9.53 Å². The monoisotopic (exact) mass is 335 g/mol. The van der Waals surface area contributed by atoms with E-state index in [-0.39, 0.29) is 30.0 Å². The zero-order valence-electron chi connectivity index (χ0n) is 12.4. The van der Waals surface area contributed by atoms with Crippen LogP contribution in [0.15, 0.2) is 16.1 Å². The van der Waals surface area contributed by atoms with Crippen molar-refractivity contribution in [1.82, 2.24) is 25.1 Å². The van der Waals surface area contributed by atoms with Crippen LogP contribution in [0.5, 0.6) is 0 Å². The standard InChI is InChI=1S/C14H17N5O3S/c20-11(15-5-9-2-1-3-22-9)4-8-7-23-14-17-12-10(6-16-18-12)13(21)19(8)14/h6,8-9H,1-5,7H2,(H,15,20)(H,16,18). The lowest BCUT2D eigenvalue weighted by Gasteiger charge is -2.15. The second-order valence-corrected chi connectivity index (χ2v) is 6.80. The Morgan fingerprint density at radius 1 is 1.57 bits per heavy atom. The number of nitrogens with zero attached hydrogens (tertiary/aromatic N) is 3. The van der Waals surface area contributed by atoms with E-state index in [1.165, 1.54) is 18.0 Å². The number of H-pyrrole nitrogens is 1. The molecular weight excluding hydrogens is 318 g/mol. The van der Waals surface area contributed by atoms with Gasteiger partial charge in [-0.1, -0.05) is 11.8 Å². The van der Waals surface area contributed by atoms with Crippen molar-refractivity contribution in [1.29, 1.82) is 0 Å². The predicted octanol–water partition coefficient (Wildman–Crippen LogP) is 0.452. The van der Waals surface area contributed by atoms with Crippen molar-refractivity contribution in [3.8, 4) is 0 Å². The lowest BCUT2D eigenvalue weighted by molar-refractivity contribution is -0.122. The highest BCUT2D eigenvalue weighted by Gasteiger charge is 2.29. The third-order valence-corrected chi connectivity index (χ3v) is 5.32. The number of thioether (sulfide) groups is 1. The molecule has 2 aliphatic heterocycles. The first kappa shape index (κ1) is 14.7. The minimum atomic E-state index is -0.168. The maximum absolute atomic E-state index is 12.5. The van der Waals surface area contributed by atoms with Crippen molar-refractivity contribution in [3.05, 3.63) is 16.6 Å². The van der Waals surface area contributed by atoms with Crippen LogP contribution in [0.4, 0.5) is 0 Å². The van der Waals surface area contributed by atoms with Crippen molar-refractivity contribution in [2.24, 2.45) is 0 Å². The number of carbonyl (C=O) groups is 1. The number of fused-ring (bicyclic) bond motifs is 2. The molecule has 0 aliphatic carbocycles. The van der Waals surface area contributed by atoms with Gasteiger partial charge >= 0.3 is 0 Å². The van der Waals surface area contributed by atoms with E-state index in [1.807, 2.05) is 0 Å². The van der Waals surface area contributed by atoms with Crippen molar-refractivity contribution in [2.45, 2.75) is 36.6 Å². The van der Waals surface area contributed by atoms with Crippen LogP contribution in [0.3, 0.4) is 0 Å². The summed E-state index contributed by atoms with van der Waals surface area (Å²) in [6.45, 7) is 1.31. The maximum Gasteiger partial charge on any atom is 0.265 e. The molecule has 2 aromatic rings. The molecule has 122 valence electrons. The third kappa shape index (κ3) is 2.74. The first-order chi connectivity index (χ1) is 11.2. The normalized spacial score (nSPS) is 23.3. The number of nitrogens with one attached hydrogen (secondary N) is 2. The summed E-state index contributed by atoms with van der Waals surface area (Å²) in [4.78, 5) is 29.1. The van der Waals surface area contributed by atoms with Gasteiger partial charge in [0.05, 0.1) is 18.3 Å². The molecule has 0 aromatic carbocycles. The fourth-order valence-electron chi connectivity index (χ4n) is 3.03. The lowest BCUT2D eigenvalue weighted by Crippen LogP contribution is -2.34.